The number of benzene rings is 1. The van der Waals surface area contributed by atoms with E-state index in [0.29, 0.717) is 29.8 Å². The molecule has 1 aliphatic heterocycles. The molecule has 1 aromatic carbocycles. The summed E-state index contributed by atoms with van der Waals surface area (Å²) in [7, 11) is 1.64. The smallest absolute Gasteiger partial charge is 0.257 e. The minimum Gasteiger partial charge on any atom is -0.379 e. The third kappa shape index (κ3) is 3.69. The number of amides is 1. The molecule has 1 aliphatic rings. The van der Waals surface area contributed by atoms with E-state index < -0.39 is 0 Å². The number of ether oxygens (including phenoxy) is 1. The largest absolute Gasteiger partial charge is 0.379 e. The molecule has 0 spiro atoms. The Kier molecular flexibility index (Phi) is 5.38. The topological polar surface area (TPSA) is 55.3 Å². The molecule has 5 nitrogen and oxygen atoms in total. The van der Waals surface area contributed by atoms with Gasteiger partial charge in [-0.1, -0.05) is 18.2 Å². The monoisotopic (exact) mass is 343 g/mol. The van der Waals surface area contributed by atoms with E-state index in [2.05, 4.69) is 9.97 Å². The van der Waals surface area contributed by atoms with E-state index in [9.17, 15) is 9.18 Å². The zero-order valence-corrected chi connectivity index (χ0v) is 14.5. The van der Waals surface area contributed by atoms with Crippen molar-refractivity contribution >= 4 is 5.91 Å². The Morgan fingerprint density at radius 2 is 2.20 bits per heavy atom. The summed E-state index contributed by atoms with van der Waals surface area (Å²) < 4.78 is 19.7. The van der Waals surface area contributed by atoms with Crippen molar-refractivity contribution in [3.63, 3.8) is 0 Å². The SMILES string of the molecule is CO[C@H]1CCCN(C(=O)c2cncnc2C)[C@H]1Cc1ccccc1F. The highest BCUT2D eigenvalue weighted by Crippen LogP contribution is 2.26. The van der Waals surface area contributed by atoms with Crippen molar-refractivity contribution in [3.05, 3.63) is 59.4 Å². The van der Waals surface area contributed by atoms with Crippen molar-refractivity contribution in [3.8, 4) is 0 Å². The van der Waals surface area contributed by atoms with Gasteiger partial charge in [-0.25, -0.2) is 14.4 Å². The van der Waals surface area contributed by atoms with E-state index in [1.165, 1.54) is 12.4 Å². The van der Waals surface area contributed by atoms with Crippen molar-refractivity contribution in [2.75, 3.05) is 13.7 Å². The first-order valence-corrected chi connectivity index (χ1v) is 8.45. The molecule has 1 amide bonds. The zero-order chi connectivity index (χ0) is 17.8. The van der Waals surface area contributed by atoms with Crippen LogP contribution in [-0.2, 0) is 11.2 Å². The van der Waals surface area contributed by atoms with Gasteiger partial charge in [0.25, 0.3) is 5.91 Å². The predicted octanol–water partition coefficient (Wildman–Crippen LogP) is 2.79. The summed E-state index contributed by atoms with van der Waals surface area (Å²) in [5.74, 6) is -0.379. The lowest BCUT2D eigenvalue weighted by molar-refractivity contribution is -0.0120. The Labute approximate surface area is 146 Å². The van der Waals surface area contributed by atoms with Gasteiger partial charge < -0.3 is 9.64 Å². The Hall–Kier alpha value is -2.34. The number of hydrogen-bond acceptors (Lipinski definition) is 4. The molecule has 1 saturated heterocycles. The van der Waals surface area contributed by atoms with Gasteiger partial charge in [0.1, 0.15) is 12.1 Å². The molecule has 0 N–H and O–H groups in total. The Balaban J connectivity index is 1.91. The molecule has 0 aliphatic carbocycles. The predicted molar refractivity (Wildman–Crippen MR) is 91.7 cm³/mol. The van der Waals surface area contributed by atoms with E-state index >= 15 is 0 Å². The number of methoxy groups -OCH3 is 1. The second-order valence-corrected chi connectivity index (χ2v) is 6.30. The van der Waals surface area contributed by atoms with E-state index in [1.54, 1.807) is 37.3 Å². The molecule has 132 valence electrons. The van der Waals surface area contributed by atoms with Crippen molar-refractivity contribution in [1.82, 2.24) is 14.9 Å². The van der Waals surface area contributed by atoms with Crippen LogP contribution in [0.3, 0.4) is 0 Å². The highest BCUT2D eigenvalue weighted by atomic mass is 19.1. The van der Waals surface area contributed by atoms with Crippen molar-refractivity contribution in [2.24, 2.45) is 0 Å². The number of carbonyl (C=O) groups excluding carboxylic acids is 1. The molecule has 3 rings (SSSR count). The number of likely N-dealkylation sites (tertiary alicyclic amines) is 1. The highest BCUT2D eigenvalue weighted by Gasteiger charge is 2.36. The zero-order valence-electron chi connectivity index (χ0n) is 14.5. The highest BCUT2D eigenvalue weighted by molar-refractivity contribution is 5.95. The third-order valence-electron chi connectivity index (χ3n) is 4.81. The van der Waals surface area contributed by atoms with Crippen LogP contribution in [-0.4, -0.2) is 46.6 Å². The quantitative estimate of drug-likeness (QED) is 0.857. The van der Waals surface area contributed by atoms with Crippen LogP contribution >= 0.6 is 0 Å². The van der Waals surface area contributed by atoms with Gasteiger partial charge in [0.2, 0.25) is 0 Å². The van der Waals surface area contributed by atoms with E-state index in [4.69, 9.17) is 4.74 Å². The van der Waals surface area contributed by atoms with Gasteiger partial charge in [0.15, 0.2) is 0 Å². The van der Waals surface area contributed by atoms with Crippen molar-refractivity contribution < 1.29 is 13.9 Å². The number of rotatable bonds is 4. The fourth-order valence-electron chi connectivity index (χ4n) is 3.44. The van der Waals surface area contributed by atoms with Gasteiger partial charge in [-0.15, -0.1) is 0 Å². The molecule has 1 fully saturated rings. The number of hydrogen-bond donors (Lipinski definition) is 0. The summed E-state index contributed by atoms with van der Waals surface area (Å²) in [5, 5.41) is 0. The van der Waals surface area contributed by atoms with Crippen molar-refractivity contribution in [1.29, 1.82) is 0 Å². The minimum absolute atomic E-state index is 0.123. The summed E-state index contributed by atoms with van der Waals surface area (Å²) >= 11 is 0. The fourth-order valence-corrected chi connectivity index (χ4v) is 3.44. The second kappa shape index (κ2) is 7.70. The molecule has 2 aromatic rings. The fraction of sp³-hybridized carbons (Fsp3) is 0.421. The first kappa shape index (κ1) is 17.5. The average Bonchev–Trinajstić information content (AvgIpc) is 2.63. The first-order chi connectivity index (χ1) is 12.1. The number of piperidine rings is 1. The number of carbonyl (C=O) groups is 1. The van der Waals surface area contributed by atoms with Gasteiger partial charge in [-0.2, -0.15) is 0 Å². The summed E-state index contributed by atoms with van der Waals surface area (Å²) in [5.41, 5.74) is 1.72. The number of halogens is 1. The van der Waals surface area contributed by atoms with E-state index in [0.717, 1.165) is 12.8 Å². The Bertz CT molecular complexity index is 753. The minimum atomic E-state index is -0.255. The molecule has 0 saturated carbocycles. The number of aryl methyl sites for hydroxylation is 1. The summed E-state index contributed by atoms with van der Waals surface area (Å²) in [4.78, 5) is 22.9. The van der Waals surface area contributed by atoms with Gasteiger partial charge in [-0.3, -0.25) is 4.79 Å². The molecule has 2 atom stereocenters. The van der Waals surface area contributed by atoms with Crippen molar-refractivity contribution in [2.45, 2.75) is 38.3 Å². The number of nitrogens with zero attached hydrogens (tertiary/aromatic N) is 3. The van der Waals surface area contributed by atoms with Crippen LogP contribution < -0.4 is 0 Å². The summed E-state index contributed by atoms with van der Waals surface area (Å²) in [6.45, 7) is 2.41. The second-order valence-electron chi connectivity index (χ2n) is 6.30. The molecule has 0 bridgehead atoms. The normalized spacial score (nSPS) is 20.5. The first-order valence-electron chi connectivity index (χ1n) is 8.45. The molecule has 25 heavy (non-hydrogen) atoms. The van der Waals surface area contributed by atoms with Gasteiger partial charge in [0.05, 0.1) is 23.4 Å². The third-order valence-corrected chi connectivity index (χ3v) is 4.81. The maximum absolute atomic E-state index is 14.1. The molecule has 0 unspecified atom stereocenters. The Morgan fingerprint density at radius 3 is 2.92 bits per heavy atom. The number of aromatic nitrogens is 2. The Morgan fingerprint density at radius 1 is 1.40 bits per heavy atom. The molecule has 2 heterocycles. The average molecular weight is 343 g/mol. The van der Waals surface area contributed by atoms with Crippen LogP contribution in [0.5, 0.6) is 0 Å². The standard InChI is InChI=1S/C19H22FN3O2/c1-13-15(11-21-12-22-13)19(24)23-9-5-8-18(25-2)17(23)10-14-6-3-4-7-16(14)20/h3-4,6-7,11-12,17-18H,5,8-10H2,1-2H3/t17-,18-/m0/s1. The van der Waals surface area contributed by atoms with Crippen LogP contribution in [0.15, 0.2) is 36.8 Å². The van der Waals surface area contributed by atoms with Gasteiger partial charge in [-0.05, 0) is 37.8 Å². The molecule has 0 radical (unpaired) electrons. The molecule has 1 aromatic heterocycles. The van der Waals surface area contributed by atoms with E-state index in [-0.39, 0.29) is 23.9 Å². The van der Waals surface area contributed by atoms with Crippen LogP contribution in [0.1, 0.15) is 34.5 Å². The van der Waals surface area contributed by atoms with Crippen LogP contribution in [0.25, 0.3) is 0 Å². The molecular formula is C19H22FN3O2. The van der Waals surface area contributed by atoms with Crippen LogP contribution in [0.2, 0.25) is 0 Å². The lowest BCUT2D eigenvalue weighted by Crippen LogP contribution is -2.53. The van der Waals surface area contributed by atoms with E-state index in [1.807, 2.05) is 6.07 Å². The van der Waals surface area contributed by atoms with Gasteiger partial charge in [0, 0.05) is 19.9 Å². The molecule has 6 heteroatoms. The van der Waals surface area contributed by atoms with Crippen LogP contribution in [0.4, 0.5) is 4.39 Å². The summed E-state index contributed by atoms with van der Waals surface area (Å²) in [6.07, 6.45) is 4.97. The van der Waals surface area contributed by atoms with Gasteiger partial charge >= 0.3 is 0 Å². The lowest BCUT2D eigenvalue weighted by Gasteiger charge is -2.41. The molecular weight excluding hydrogens is 321 g/mol. The van der Waals surface area contributed by atoms with Crippen LogP contribution in [0, 0.1) is 12.7 Å². The maximum Gasteiger partial charge on any atom is 0.257 e. The lowest BCUT2D eigenvalue weighted by atomic mass is 9.92. The maximum atomic E-state index is 14.1. The summed E-state index contributed by atoms with van der Waals surface area (Å²) in [6, 6.07) is 6.46.